The molecule has 0 radical (unpaired) electrons. The average molecular weight is 367 g/mol. The number of aliphatic hydroxyl groups is 1. The smallest absolute Gasteiger partial charge is 0.191 e. The molecule has 1 fully saturated rings. The third-order valence-corrected chi connectivity index (χ3v) is 11.7. The topological polar surface area (TPSA) is 46.5 Å². The van der Waals surface area contributed by atoms with Gasteiger partial charge in [0, 0.05) is 18.4 Å². The van der Waals surface area contributed by atoms with Gasteiger partial charge in [-0.1, -0.05) is 53.7 Å². The Hall–Kier alpha value is -0.453. The van der Waals surface area contributed by atoms with E-state index >= 15 is 0 Å². The van der Waals surface area contributed by atoms with Crippen LogP contribution in [0.15, 0.2) is 12.2 Å². The summed E-state index contributed by atoms with van der Waals surface area (Å²) in [4.78, 5) is 12.4. The fourth-order valence-corrected chi connectivity index (χ4v) is 5.19. The largest absolute Gasteiger partial charge is 0.417 e. The molecule has 3 aliphatic carbocycles. The Bertz CT molecular complexity index is 532. The van der Waals surface area contributed by atoms with Gasteiger partial charge in [0.25, 0.3) is 0 Å². The number of Topliss-reactive ketones (excluding diaryl/α,β-unsaturated/α-hetero) is 1. The fourth-order valence-electron chi connectivity index (χ4n) is 4.15. The third-order valence-electron chi connectivity index (χ3n) is 7.17. The van der Waals surface area contributed by atoms with Crippen LogP contribution in [0, 0.1) is 29.1 Å². The van der Waals surface area contributed by atoms with Crippen molar-refractivity contribution in [1.82, 2.24) is 0 Å². The van der Waals surface area contributed by atoms with Crippen molar-refractivity contribution in [2.24, 2.45) is 29.1 Å². The van der Waals surface area contributed by atoms with Gasteiger partial charge in [-0.25, -0.2) is 0 Å². The zero-order valence-corrected chi connectivity index (χ0v) is 18.4. The normalized spacial score (nSPS) is 34.5. The van der Waals surface area contributed by atoms with E-state index in [0.29, 0.717) is 24.2 Å². The highest BCUT2D eigenvalue weighted by molar-refractivity contribution is 6.74. The summed E-state index contributed by atoms with van der Waals surface area (Å²) in [5, 5.41) is 10.7. The maximum atomic E-state index is 12.4. The number of carbonyl (C=O) groups is 1. The van der Waals surface area contributed by atoms with E-state index in [0.717, 1.165) is 13.0 Å². The minimum absolute atomic E-state index is 0.00724. The van der Waals surface area contributed by atoms with E-state index in [2.05, 4.69) is 59.9 Å². The lowest BCUT2D eigenvalue weighted by molar-refractivity contribution is -0.130. The lowest BCUT2D eigenvalue weighted by Crippen LogP contribution is -2.44. The molecule has 144 valence electrons. The van der Waals surface area contributed by atoms with Gasteiger partial charge in [0.2, 0.25) is 0 Å². The molecule has 0 spiro atoms. The first kappa shape index (κ1) is 20.9. The van der Waals surface area contributed by atoms with E-state index in [1.54, 1.807) is 0 Å². The number of ketones is 1. The highest BCUT2D eigenvalue weighted by Gasteiger charge is 2.49. The van der Waals surface area contributed by atoms with Crippen LogP contribution < -0.4 is 0 Å². The van der Waals surface area contributed by atoms with E-state index in [9.17, 15) is 9.90 Å². The Balaban J connectivity index is 2.21. The van der Waals surface area contributed by atoms with Crippen molar-refractivity contribution >= 4 is 14.1 Å². The standard InChI is InChI=1S/C21H38O3Si/c1-14(2)17(13-24-25(7,8)20(3,4)5)16-12-21(6)10-9-15(16)11-18(22)19(21)23/h9-10,14-17,19,23H,11-13H2,1-8H3/t15-,16-,17-,19-,21-/m1/s1. The zero-order valence-electron chi connectivity index (χ0n) is 17.4. The maximum Gasteiger partial charge on any atom is 0.191 e. The second kappa shape index (κ2) is 6.93. The summed E-state index contributed by atoms with van der Waals surface area (Å²) in [6, 6.07) is 0. The van der Waals surface area contributed by atoms with Crippen molar-refractivity contribution in [3.63, 3.8) is 0 Å². The van der Waals surface area contributed by atoms with Gasteiger partial charge in [-0.15, -0.1) is 0 Å². The molecule has 0 saturated heterocycles. The van der Waals surface area contributed by atoms with Crippen molar-refractivity contribution in [2.75, 3.05) is 6.61 Å². The molecular weight excluding hydrogens is 328 g/mol. The monoisotopic (exact) mass is 366 g/mol. The number of rotatable bonds is 5. The number of hydrogen-bond acceptors (Lipinski definition) is 3. The molecule has 0 aliphatic heterocycles. The molecule has 0 unspecified atom stereocenters. The zero-order chi connectivity index (χ0) is 19.2. The van der Waals surface area contributed by atoms with Crippen molar-refractivity contribution in [2.45, 2.75) is 78.6 Å². The molecule has 1 saturated carbocycles. The van der Waals surface area contributed by atoms with Crippen LogP contribution in [0.3, 0.4) is 0 Å². The Morgan fingerprint density at radius 3 is 2.48 bits per heavy atom. The third kappa shape index (κ3) is 4.11. The fraction of sp³-hybridized carbons (Fsp3) is 0.857. The van der Waals surface area contributed by atoms with Gasteiger partial charge in [0.05, 0.1) is 0 Å². The van der Waals surface area contributed by atoms with Crippen molar-refractivity contribution in [1.29, 1.82) is 0 Å². The van der Waals surface area contributed by atoms with Gasteiger partial charge in [-0.3, -0.25) is 4.79 Å². The second-order valence-electron chi connectivity index (χ2n) is 10.4. The van der Waals surface area contributed by atoms with Crippen LogP contribution in [0.5, 0.6) is 0 Å². The highest BCUT2D eigenvalue weighted by atomic mass is 28.4. The molecule has 25 heavy (non-hydrogen) atoms. The molecule has 0 aromatic heterocycles. The summed E-state index contributed by atoms with van der Waals surface area (Å²) in [6.07, 6.45) is 4.79. The molecular formula is C21H38O3Si. The Kier molecular flexibility index (Phi) is 5.78. The Morgan fingerprint density at radius 2 is 1.96 bits per heavy atom. The predicted octanol–water partition coefficient (Wildman–Crippen LogP) is 4.81. The van der Waals surface area contributed by atoms with Gasteiger partial charge in [0.15, 0.2) is 14.1 Å². The summed E-state index contributed by atoms with van der Waals surface area (Å²) in [5.74, 6) is 1.57. The van der Waals surface area contributed by atoms with Crippen LogP contribution in [0.2, 0.25) is 18.1 Å². The molecule has 5 atom stereocenters. The molecule has 4 heteroatoms. The summed E-state index contributed by atoms with van der Waals surface area (Å²) < 4.78 is 6.57. The molecule has 2 bridgehead atoms. The first-order chi connectivity index (χ1) is 11.3. The highest BCUT2D eigenvalue weighted by Crippen LogP contribution is 2.49. The second-order valence-corrected chi connectivity index (χ2v) is 15.3. The van der Waals surface area contributed by atoms with Gasteiger partial charge < -0.3 is 9.53 Å². The van der Waals surface area contributed by atoms with E-state index in [4.69, 9.17) is 4.43 Å². The minimum atomic E-state index is -1.79. The van der Waals surface area contributed by atoms with Gasteiger partial charge in [0.1, 0.15) is 6.10 Å². The molecule has 0 aromatic rings. The molecule has 0 amide bonds. The number of carbonyl (C=O) groups excluding carboxylic acids is 1. The Labute approximate surface area is 155 Å². The van der Waals surface area contributed by atoms with E-state index in [1.807, 2.05) is 6.92 Å². The van der Waals surface area contributed by atoms with E-state index in [-0.39, 0.29) is 16.7 Å². The van der Waals surface area contributed by atoms with Gasteiger partial charge in [-0.2, -0.15) is 0 Å². The summed E-state index contributed by atoms with van der Waals surface area (Å²) in [6.45, 7) is 18.8. The van der Waals surface area contributed by atoms with Crippen molar-refractivity contribution in [3.05, 3.63) is 12.2 Å². The van der Waals surface area contributed by atoms with Crippen LogP contribution in [-0.2, 0) is 9.22 Å². The maximum absolute atomic E-state index is 12.4. The van der Waals surface area contributed by atoms with Crippen LogP contribution >= 0.6 is 0 Å². The van der Waals surface area contributed by atoms with Crippen molar-refractivity contribution < 1.29 is 14.3 Å². The Morgan fingerprint density at radius 1 is 1.36 bits per heavy atom. The van der Waals surface area contributed by atoms with Crippen LogP contribution in [0.1, 0.15) is 54.4 Å². The summed E-state index contributed by atoms with van der Waals surface area (Å²) in [5.41, 5.74) is -0.418. The number of fused-ring (bicyclic) bond motifs is 3. The van der Waals surface area contributed by atoms with Gasteiger partial charge >= 0.3 is 0 Å². The van der Waals surface area contributed by atoms with Crippen molar-refractivity contribution in [3.8, 4) is 0 Å². The van der Waals surface area contributed by atoms with Crippen LogP contribution in [0.25, 0.3) is 0 Å². The first-order valence-electron chi connectivity index (χ1n) is 9.82. The van der Waals surface area contributed by atoms with Crippen LogP contribution in [0.4, 0.5) is 0 Å². The molecule has 3 aliphatic rings. The summed E-state index contributed by atoms with van der Waals surface area (Å²) >= 11 is 0. The van der Waals surface area contributed by atoms with E-state index < -0.39 is 19.8 Å². The minimum Gasteiger partial charge on any atom is -0.417 e. The number of aliphatic hydroxyl groups excluding tert-OH is 1. The van der Waals surface area contributed by atoms with E-state index in [1.165, 1.54) is 0 Å². The predicted molar refractivity (Wildman–Crippen MR) is 106 cm³/mol. The average Bonchev–Trinajstić information content (AvgIpc) is 2.62. The number of hydrogen-bond donors (Lipinski definition) is 1. The lowest BCUT2D eigenvalue weighted by atomic mass is 9.65. The lowest BCUT2D eigenvalue weighted by Gasteiger charge is -2.43. The molecule has 0 aromatic carbocycles. The molecule has 3 nitrogen and oxygen atoms in total. The quantitative estimate of drug-likeness (QED) is 0.561. The molecule has 0 heterocycles. The number of allylic oxidation sites excluding steroid dienone is 1. The SMILES string of the molecule is CC(C)[C@@H](CO[Si](C)(C)C(C)(C)C)[C@@H]1C[C@@]2(C)C=C[C@@H]1CC(=O)[C@H]2O. The first-order valence-corrected chi connectivity index (χ1v) is 12.7. The van der Waals surface area contributed by atoms with Gasteiger partial charge in [-0.05, 0) is 48.2 Å². The molecule has 1 N–H and O–H groups in total. The summed E-state index contributed by atoms with van der Waals surface area (Å²) in [7, 11) is -1.79. The molecule has 3 rings (SSSR count). The van der Waals surface area contributed by atoms with Crippen LogP contribution in [-0.4, -0.2) is 31.9 Å².